The van der Waals surface area contributed by atoms with Crippen molar-refractivity contribution in [2.75, 3.05) is 31.3 Å². The van der Waals surface area contributed by atoms with Gasteiger partial charge in [-0.15, -0.1) is 11.8 Å². The lowest BCUT2D eigenvalue weighted by atomic mass is 9.94. The van der Waals surface area contributed by atoms with Crippen LogP contribution >= 0.6 is 11.8 Å². The molecule has 0 aromatic carbocycles. The van der Waals surface area contributed by atoms with Crippen molar-refractivity contribution >= 4 is 29.6 Å². The van der Waals surface area contributed by atoms with Gasteiger partial charge in [0.2, 0.25) is 5.91 Å². The number of piperazine rings is 1. The summed E-state index contributed by atoms with van der Waals surface area (Å²) in [6, 6.07) is -0.714. The van der Waals surface area contributed by atoms with Crippen LogP contribution in [0, 0.1) is 0 Å². The Morgan fingerprint density at radius 3 is 2.62 bits per heavy atom. The summed E-state index contributed by atoms with van der Waals surface area (Å²) in [5, 5.41) is 3.19. The fraction of sp³-hybridized carbons (Fsp3) is 0.812. The molecule has 3 saturated heterocycles. The van der Waals surface area contributed by atoms with Crippen molar-refractivity contribution in [1.82, 2.24) is 20.0 Å². The second-order valence-corrected chi connectivity index (χ2v) is 8.08. The molecule has 4 aliphatic rings. The Hall–Kier alpha value is -1.28. The monoisotopic (exact) mass is 352 g/mol. The zero-order chi connectivity index (χ0) is 16.7. The Kier molecular flexibility index (Phi) is 4.42. The maximum absolute atomic E-state index is 12.8. The number of carbonyl (C=O) groups excluding carboxylic acids is 3. The molecule has 1 N–H and O–H groups in total. The van der Waals surface area contributed by atoms with Crippen LogP contribution in [-0.4, -0.2) is 81.9 Å². The van der Waals surface area contributed by atoms with Crippen LogP contribution in [0.15, 0.2) is 0 Å². The van der Waals surface area contributed by atoms with E-state index in [1.807, 2.05) is 0 Å². The van der Waals surface area contributed by atoms with Gasteiger partial charge in [0.15, 0.2) is 0 Å². The molecule has 1 saturated carbocycles. The van der Waals surface area contributed by atoms with E-state index < -0.39 is 6.04 Å². The fourth-order valence-electron chi connectivity index (χ4n) is 4.27. The van der Waals surface area contributed by atoms with E-state index in [1.165, 1.54) is 11.3 Å². The van der Waals surface area contributed by atoms with Crippen molar-refractivity contribution in [2.24, 2.45) is 0 Å². The summed E-state index contributed by atoms with van der Waals surface area (Å²) in [6.07, 6.45) is 5.20. The molecule has 7 nitrogen and oxygen atoms in total. The van der Waals surface area contributed by atoms with Gasteiger partial charge in [0.25, 0.3) is 5.91 Å². The van der Waals surface area contributed by atoms with Crippen LogP contribution in [0.3, 0.4) is 0 Å². The maximum Gasteiger partial charge on any atom is 0.327 e. The summed E-state index contributed by atoms with van der Waals surface area (Å²) in [4.78, 5) is 43.1. The third-order valence-electron chi connectivity index (χ3n) is 5.62. The quantitative estimate of drug-likeness (QED) is 0.731. The fourth-order valence-corrected chi connectivity index (χ4v) is 5.20. The molecule has 2 atom stereocenters. The molecule has 0 aromatic heterocycles. The third kappa shape index (κ3) is 2.69. The average Bonchev–Trinajstić information content (AvgIpc) is 3.23. The topological polar surface area (TPSA) is 73.0 Å². The van der Waals surface area contributed by atoms with Gasteiger partial charge in [0, 0.05) is 30.8 Å². The molecule has 1 aliphatic carbocycles. The number of urea groups is 1. The molecule has 24 heavy (non-hydrogen) atoms. The SMILES string of the molecule is O=C([C@@H]1CSCN1)N1CCN2C(=O)N(C3CCCCC3)C(=O)[C@H]2C1. The van der Waals surface area contributed by atoms with Crippen LogP contribution in [0.1, 0.15) is 32.1 Å². The van der Waals surface area contributed by atoms with E-state index in [0.29, 0.717) is 19.6 Å². The van der Waals surface area contributed by atoms with Gasteiger partial charge in [0.05, 0.1) is 12.6 Å². The second-order valence-electron chi connectivity index (χ2n) is 7.05. The Balaban J connectivity index is 1.46. The van der Waals surface area contributed by atoms with Crippen LogP contribution in [0.5, 0.6) is 0 Å². The molecule has 4 fully saturated rings. The van der Waals surface area contributed by atoms with Crippen LogP contribution < -0.4 is 5.32 Å². The first kappa shape index (κ1) is 16.2. The molecular weight excluding hydrogens is 328 g/mol. The van der Waals surface area contributed by atoms with E-state index in [0.717, 1.165) is 37.3 Å². The second kappa shape index (κ2) is 6.55. The van der Waals surface area contributed by atoms with E-state index >= 15 is 0 Å². The van der Waals surface area contributed by atoms with Crippen LogP contribution in [0.4, 0.5) is 4.79 Å². The van der Waals surface area contributed by atoms with Gasteiger partial charge in [-0.05, 0) is 12.8 Å². The minimum Gasteiger partial charge on any atom is -0.337 e. The standard InChI is InChI=1S/C16H24N4O3S/c21-14(12-9-24-10-17-12)18-6-7-19-13(8-18)15(22)20(16(19)23)11-4-2-1-3-5-11/h11-13,17H,1-10H2/t12-,13+/m0/s1. The number of rotatable bonds is 2. The largest absolute Gasteiger partial charge is 0.337 e. The molecule has 3 heterocycles. The van der Waals surface area contributed by atoms with Crippen molar-refractivity contribution < 1.29 is 14.4 Å². The van der Waals surface area contributed by atoms with E-state index in [9.17, 15) is 14.4 Å². The molecule has 4 amide bonds. The van der Waals surface area contributed by atoms with E-state index in [2.05, 4.69) is 5.32 Å². The molecule has 0 bridgehead atoms. The summed E-state index contributed by atoms with van der Waals surface area (Å²) in [5.74, 6) is 1.55. The Bertz CT molecular complexity index is 545. The first-order chi connectivity index (χ1) is 11.7. The highest BCUT2D eigenvalue weighted by molar-refractivity contribution is 7.99. The zero-order valence-electron chi connectivity index (χ0n) is 13.8. The highest BCUT2D eigenvalue weighted by Gasteiger charge is 2.50. The molecule has 0 radical (unpaired) electrons. The van der Waals surface area contributed by atoms with Gasteiger partial charge in [-0.2, -0.15) is 0 Å². The average molecular weight is 352 g/mol. The third-order valence-corrected chi connectivity index (χ3v) is 6.56. The Morgan fingerprint density at radius 1 is 1.12 bits per heavy atom. The molecule has 8 heteroatoms. The van der Waals surface area contributed by atoms with Gasteiger partial charge in [0.1, 0.15) is 6.04 Å². The minimum absolute atomic E-state index is 0.0569. The molecule has 4 rings (SSSR count). The predicted molar refractivity (Wildman–Crippen MR) is 90.4 cm³/mol. The number of nitrogens with zero attached hydrogens (tertiary/aromatic N) is 3. The van der Waals surface area contributed by atoms with Crippen LogP contribution in [0.2, 0.25) is 0 Å². The van der Waals surface area contributed by atoms with Gasteiger partial charge < -0.3 is 9.80 Å². The number of hydrogen-bond donors (Lipinski definition) is 1. The van der Waals surface area contributed by atoms with Gasteiger partial charge in [-0.25, -0.2) is 4.79 Å². The first-order valence-electron chi connectivity index (χ1n) is 8.90. The maximum atomic E-state index is 12.8. The lowest BCUT2D eigenvalue weighted by molar-refractivity contribution is -0.137. The van der Waals surface area contributed by atoms with E-state index in [1.54, 1.807) is 21.6 Å². The summed E-state index contributed by atoms with van der Waals surface area (Å²) < 4.78 is 0. The predicted octanol–water partition coefficient (Wildman–Crippen LogP) is 0.457. The summed E-state index contributed by atoms with van der Waals surface area (Å²) >= 11 is 1.72. The number of fused-ring (bicyclic) bond motifs is 1. The normalized spacial score (nSPS) is 31.8. The Labute approximate surface area is 146 Å². The van der Waals surface area contributed by atoms with Crippen molar-refractivity contribution in [3.05, 3.63) is 0 Å². The Morgan fingerprint density at radius 2 is 1.92 bits per heavy atom. The molecule has 0 unspecified atom stereocenters. The van der Waals surface area contributed by atoms with Gasteiger partial charge in [-0.3, -0.25) is 19.8 Å². The number of hydrogen-bond acceptors (Lipinski definition) is 5. The van der Waals surface area contributed by atoms with Crippen molar-refractivity contribution in [3.63, 3.8) is 0 Å². The van der Waals surface area contributed by atoms with Crippen molar-refractivity contribution in [3.8, 4) is 0 Å². The van der Waals surface area contributed by atoms with Gasteiger partial charge >= 0.3 is 6.03 Å². The molecule has 3 aliphatic heterocycles. The lowest BCUT2D eigenvalue weighted by Crippen LogP contribution is -2.57. The number of thioether (sulfide) groups is 1. The van der Waals surface area contributed by atoms with E-state index in [4.69, 9.17) is 0 Å². The molecule has 132 valence electrons. The minimum atomic E-state index is -0.480. The number of nitrogens with one attached hydrogen (secondary N) is 1. The smallest absolute Gasteiger partial charge is 0.327 e. The van der Waals surface area contributed by atoms with Crippen molar-refractivity contribution in [1.29, 1.82) is 0 Å². The first-order valence-corrected chi connectivity index (χ1v) is 10.1. The van der Waals surface area contributed by atoms with E-state index in [-0.39, 0.29) is 29.9 Å². The molecule has 0 aromatic rings. The zero-order valence-corrected chi connectivity index (χ0v) is 14.6. The van der Waals surface area contributed by atoms with Crippen LogP contribution in [0.25, 0.3) is 0 Å². The number of amides is 4. The molecule has 0 spiro atoms. The molecular formula is C16H24N4O3S. The summed E-state index contributed by atoms with van der Waals surface area (Å²) in [6.45, 7) is 1.33. The lowest BCUT2D eigenvalue weighted by Gasteiger charge is -2.36. The number of imide groups is 1. The summed E-state index contributed by atoms with van der Waals surface area (Å²) in [7, 11) is 0. The van der Waals surface area contributed by atoms with Crippen LogP contribution in [-0.2, 0) is 9.59 Å². The van der Waals surface area contributed by atoms with Gasteiger partial charge in [-0.1, -0.05) is 19.3 Å². The van der Waals surface area contributed by atoms with Crippen molar-refractivity contribution in [2.45, 2.75) is 50.2 Å². The number of carbonyl (C=O) groups is 3. The highest BCUT2D eigenvalue weighted by Crippen LogP contribution is 2.30. The summed E-state index contributed by atoms with van der Waals surface area (Å²) in [5.41, 5.74) is 0. The highest BCUT2D eigenvalue weighted by atomic mass is 32.2.